The van der Waals surface area contributed by atoms with Gasteiger partial charge >= 0.3 is 6.03 Å². The van der Waals surface area contributed by atoms with Crippen LogP contribution in [0.5, 0.6) is 5.75 Å². The zero-order valence-corrected chi connectivity index (χ0v) is 17.1. The smallest absolute Gasteiger partial charge is 0.323 e. The number of carbonyl (C=O) groups is 2. The third-order valence-corrected chi connectivity index (χ3v) is 5.85. The summed E-state index contributed by atoms with van der Waals surface area (Å²) in [7, 11) is 0. The highest BCUT2D eigenvalue weighted by Gasteiger charge is 2.37. The molecule has 4 N–H and O–H groups in total. The first-order valence-electron chi connectivity index (χ1n) is 9.43. The van der Waals surface area contributed by atoms with Crippen molar-refractivity contribution in [2.75, 3.05) is 52.7 Å². The zero-order valence-electron chi connectivity index (χ0n) is 16.3. The molecular weight excluding hydrogens is 429 g/mol. The molecule has 12 heteroatoms. The van der Waals surface area contributed by atoms with Crippen LogP contribution in [0.15, 0.2) is 36.4 Å². The van der Waals surface area contributed by atoms with E-state index in [9.17, 15) is 23.6 Å². The number of hydrogen-bond donors (Lipinski definition) is 4. The molecule has 0 bridgehead atoms. The maximum Gasteiger partial charge on any atom is 0.323 e. The van der Waals surface area contributed by atoms with Crippen LogP contribution in [-0.2, 0) is 21.1 Å². The van der Waals surface area contributed by atoms with E-state index in [0.717, 1.165) is 35.2 Å². The van der Waals surface area contributed by atoms with Gasteiger partial charge in [0.05, 0.1) is 13.2 Å². The summed E-state index contributed by atoms with van der Waals surface area (Å²) in [5.41, 5.74) is 1.16. The number of nitrogens with one attached hydrogen (secondary N) is 3. The second-order valence-electron chi connectivity index (χ2n) is 6.86. The van der Waals surface area contributed by atoms with Gasteiger partial charge in [0.2, 0.25) is 0 Å². The molecule has 2 saturated heterocycles. The average molecular weight is 449 g/mol. The van der Waals surface area contributed by atoms with E-state index < -0.39 is 35.1 Å². The molecule has 2 aromatic carbocycles. The molecule has 0 aliphatic carbocycles. The van der Waals surface area contributed by atoms with Crippen molar-refractivity contribution in [3.8, 4) is 5.75 Å². The second-order valence-corrected chi connectivity index (χ2v) is 8.01. The molecule has 10 nitrogen and oxygen atoms in total. The predicted octanol–water partition coefficient (Wildman–Crippen LogP) is 1.53. The number of nitrogens with zero attached hydrogens (tertiary/aromatic N) is 2. The molecule has 0 saturated carbocycles. The first-order valence-corrected chi connectivity index (χ1v) is 10.5. The standard InChI is InChI=1S/C19H20FN5O5S/c20-15-9-13(10-16(26)18(15)25-11-17(27)23-31(25)29)22-19(28)21-12-1-3-14(4-2-12)24-5-7-30-8-6-24/h1-4,9-10,26H,5-8,11H2,(H,23,27)(H2,21,22,28). The van der Waals surface area contributed by atoms with E-state index >= 15 is 0 Å². The number of rotatable bonds is 4. The fourth-order valence-electron chi connectivity index (χ4n) is 3.31. The van der Waals surface area contributed by atoms with Crippen molar-refractivity contribution in [2.45, 2.75) is 0 Å². The number of anilines is 4. The summed E-state index contributed by atoms with van der Waals surface area (Å²) in [6.45, 7) is 2.59. The van der Waals surface area contributed by atoms with Crippen molar-refractivity contribution in [1.29, 1.82) is 0 Å². The minimum Gasteiger partial charge on any atom is -0.568 e. The number of amides is 3. The van der Waals surface area contributed by atoms with Gasteiger partial charge in [0.25, 0.3) is 5.91 Å². The third kappa shape index (κ3) is 4.76. The quantitative estimate of drug-likeness (QED) is 0.521. The van der Waals surface area contributed by atoms with Gasteiger partial charge in [-0.2, -0.15) is 4.31 Å². The number of phenols is 1. The van der Waals surface area contributed by atoms with Crippen molar-refractivity contribution < 1.29 is 28.4 Å². The molecule has 2 aromatic rings. The normalized spacial score (nSPS) is 18.6. The van der Waals surface area contributed by atoms with Crippen LogP contribution in [0.25, 0.3) is 0 Å². The lowest BCUT2D eigenvalue weighted by atomic mass is 10.2. The van der Waals surface area contributed by atoms with Crippen LogP contribution >= 0.6 is 0 Å². The Hall–Kier alpha value is -3.22. The summed E-state index contributed by atoms with van der Waals surface area (Å²) in [6.07, 6.45) is 0. The molecule has 0 radical (unpaired) electrons. The van der Waals surface area contributed by atoms with Gasteiger partial charge < -0.3 is 29.9 Å². The Morgan fingerprint density at radius 2 is 1.84 bits per heavy atom. The molecule has 3 amide bonds. The lowest BCUT2D eigenvalue weighted by Gasteiger charge is -2.28. The minimum absolute atomic E-state index is 0.00884. The maximum absolute atomic E-state index is 14.5. The van der Waals surface area contributed by atoms with Gasteiger partial charge in [0.15, 0.2) is 29.6 Å². The summed E-state index contributed by atoms with van der Waals surface area (Å²) >= 11 is -1.99. The summed E-state index contributed by atoms with van der Waals surface area (Å²) in [4.78, 5) is 25.8. The molecule has 4 rings (SSSR count). The fraction of sp³-hybridized carbons (Fsp3) is 0.263. The summed E-state index contributed by atoms with van der Waals surface area (Å²) in [5.74, 6) is -2.05. The largest absolute Gasteiger partial charge is 0.568 e. The Labute approximate surface area is 180 Å². The van der Waals surface area contributed by atoms with E-state index in [2.05, 4.69) is 20.3 Å². The number of urea groups is 1. The van der Waals surface area contributed by atoms with Crippen LogP contribution in [0.4, 0.5) is 31.9 Å². The van der Waals surface area contributed by atoms with Gasteiger partial charge in [-0.1, -0.05) is 0 Å². The molecule has 1 atom stereocenters. The number of aromatic hydroxyl groups is 1. The number of ether oxygens (including phenoxy) is 1. The number of phenolic OH excluding ortho intramolecular Hbond substituents is 1. The monoisotopic (exact) mass is 449 g/mol. The Balaban J connectivity index is 1.40. The van der Waals surface area contributed by atoms with E-state index in [0.29, 0.717) is 18.9 Å². The van der Waals surface area contributed by atoms with Crippen molar-refractivity contribution in [3.63, 3.8) is 0 Å². The number of hydrogen-bond acceptors (Lipinski definition) is 7. The SMILES string of the molecule is O=C1CN(c2c(O)cc(NC(=O)Nc3ccc(N4CCOCC4)cc3)cc2F)[S+]([O-])N1. The number of halogens is 1. The van der Waals surface area contributed by atoms with Crippen molar-refractivity contribution >= 4 is 46.2 Å². The van der Waals surface area contributed by atoms with Gasteiger partial charge in [-0.25, -0.2) is 9.18 Å². The van der Waals surface area contributed by atoms with E-state index in [4.69, 9.17) is 4.74 Å². The molecule has 31 heavy (non-hydrogen) atoms. The van der Waals surface area contributed by atoms with Gasteiger partial charge in [-0.15, -0.1) is 4.72 Å². The molecule has 2 heterocycles. The Morgan fingerprint density at radius 1 is 1.16 bits per heavy atom. The van der Waals surface area contributed by atoms with E-state index in [1.807, 2.05) is 12.1 Å². The van der Waals surface area contributed by atoms with Gasteiger partial charge in [0.1, 0.15) is 5.75 Å². The van der Waals surface area contributed by atoms with Crippen molar-refractivity contribution in [2.24, 2.45) is 0 Å². The lowest BCUT2D eigenvalue weighted by molar-refractivity contribution is -0.117. The Kier molecular flexibility index (Phi) is 6.02. The molecule has 0 aromatic heterocycles. The van der Waals surface area contributed by atoms with Gasteiger partial charge in [-0.3, -0.25) is 4.79 Å². The van der Waals surface area contributed by atoms with Crippen LogP contribution < -0.4 is 24.6 Å². The molecule has 164 valence electrons. The summed E-state index contributed by atoms with van der Waals surface area (Å²) in [6, 6.07) is 8.71. The minimum atomic E-state index is -1.99. The first-order chi connectivity index (χ1) is 14.9. The van der Waals surface area contributed by atoms with Gasteiger partial charge in [0, 0.05) is 42.3 Å². The highest BCUT2D eigenvalue weighted by atomic mass is 32.2. The average Bonchev–Trinajstić information content (AvgIpc) is 3.06. The van der Waals surface area contributed by atoms with Crippen LogP contribution in [0, 0.1) is 5.82 Å². The highest BCUT2D eigenvalue weighted by Crippen LogP contribution is 2.36. The van der Waals surface area contributed by atoms with E-state index in [-0.39, 0.29) is 17.9 Å². The Morgan fingerprint density at radius 3 is 2.45 bits per heavy atom. The summed E-state index contributed by atoms with van der Waals surface area (Å²) < 4.78 is 34.7. The van der Waals surface area contributed by atoms with E-state index in [1.54, 1.807) is 12.1 Å². The zero-order chi connectivity index (χ0) is 22.0. The van der Waals surface area contributed by atoms with E-state index in [1.165, 1.54) is 0 Å². The van der Waals surface area contributed by atoms with Crippen LogP contribution in [0.3, 0.4) is 0 Å². The maximum atomic E-state index is 14.5. The van der Waals surface area contributed by atoms with Crippen LogP contribution in [0.2, 0.25) is 0 Å². The molecule has 1 unspecified atom stereocenters. The highest BCUT2D eigenvalue weighted by molar-refractivity contribution is 7.92. The van der Waals surface area contributed by atoms with Crippen LogP contribution in [0.1, 0.15) is 0 Å². The number of carbonyl (C=O) groups excluding carboxylic acids is 2. The predicted molar refractivity (Wildman–Crippen MR) is 114 cm³/mol. The Bertz CT molecular complexity index is 963. The molecule has 2 aliphatic heterocycles. The van der Waals surface area contributed by atoms with Crippen molar-refractivity contribution in [1.82, 2.24) is 4.72 Å². The fourth-order valence-corrected chi connectivity index (χ4v) is 4.26. The first kappa shape index (κ1) is 21.0. The number of morpholine rings is 1. The topological polar surface area (TPSA) is 129 Å². The third-order valence-electron chi connectivity index (χ3n) is 4.74. The molecule has 2 aliphatic rings. The second kappa shape index (κ2) is 8.88. The van der Waals surface area contributed by atoms with Gasteiger partial charge in [-0.05, 0) is 24.3 Å². The number of benzene rings is 2. The van der Waals surface area contributed by atoms with Crippen LogP contribution in [-0.4, -0.2) is 54.4 Å². The molecule has 2 fully saturated rings. The molecule has 0 spiro atoms. The summed E-state index contributed by atoms with van der Waals surface area (Å²) in [5, 5.41) is 15.2. The lowest BCUT2D eigenvalue weighted by Crippen LogP contribution is -2.36. The molecular formula is C19H20FN5O5S. The van der Waals surface area contributed by atoms with Crippen molar-refractivity contribution in [3.05, 3.63) is 42.2 Å².